The van der Waals surface area contributed by atoms with Crippen molar-refractivity contribution in [2.75, 3.05) is 0 Å². The van der Waals surface area contributed by atoms with Crippen molar-refractivity contribution in [1.29, 1.82) is 0 Å². The molecule has 0 N–H and O–H groups in total. The third-order valence-corrected chi connectivity index (χ3v) is 7.19. The van der Waals surface area contributed by atoms with Gasteiger partial charge in [-0.3, -0.25) is 4.99 Å². The summed E-state index contributed by atoms with van der Waals surface area (Å²) in [5, 5.41) is 0.664. The quantitative estimate of drug-likeness (QED) is 0.517. The molecule has 0 spiro atoms. The number of hydrogen-bond acceptors (Lipinski definition) is 2. The first-order valence-corrected chi connectivity index (χ1v) is 11.3. The van der Waals surface area contributed by atoms with Gasteiger partial charge in [-0.1, -0.05) is 39.4 Å². The van der Waals surface area contributed by atoms with Crippen LogP contribution in [0, 0.1) is 0 Å². The second-order valence-electron chi connectivity index (χ2n) is 5.41. The Morgan fingerprint density at radius 1 is 1.33 bits per heavy atom. The molecule has 0 aromatic heterocycles. The second kappa shape index (κ2) is 6.09. The van der Waals surface area contributed by atoms with E-state index in [0.29, 0.717) is 11.3 Å². The molecule has 0 bridgehead atoms. The zero-order valence-corrected chi connectivity index (χ0v) is 12.4. The summed E-state index contributed by atoms with van der Waals surface area (Å²) in [6.07, 6.45) is 8.90. The summed E-state index contributed by atoms with van der Waals surface area (Å²) < 4.78 is 0. The predicted molar refractivity (Wildman–Crippen MR) is 75.8 cm³/mol. The molecule has 1 aliphatic carbocycles. The van der Waals surface area contributed by atoms with E-state index in [4.69, 9.17) is 4.99 Å². The average Bonchev–Trinajstić information content (AvgIpc) is 2.62. The first kappa shape index (κ1) is 13.3. The highest BCUT2D eigenvalue weighted by molar-refractivity contribution is 8.29. The van der Waals surface area contributed by atoms with E-state index in [-0.39, 0.29) is 0 Å². The molecule has 0 radical (unpaired) electrons. The van der Waals surface area contributed by atoms with E-state index in [1.165, 1.54) is 32.1 Å². The Bertz CT molecular complexity index is 204. The molecule has 1 atom stereocenters. The van der Waals surface area contributed by atoms with Crippen LogP contribution < -0.4 is 0 Å². The summed E-state index contributed by atoms with van der Waals surface area (Å²) in [4.78, 5) is 4.75. The van der Waals surface area contributed by atoms with Gasteiger partial charge < -0.3 is 0 Å². The van der Waals surface area contributed by atoms with Crippen molar-refractivity contribution in [3.63, 3.8) is 0 Å². The maximum absolute atomic E-state index is 4.75. The van der Waals surface area contributed by atoms with Crippen molar-refractivity contribution in [2.24, 2.45) is 4.99 Å². The third kappa shape index (κ3) is 5.76. The van der Waals surface area contributed by atoms with Crippen molar-refractivity contribution < 1.29 is 0 Å². The van der Waals surface area contributed by atoms with Crippen molar-refractivity contribution in [2.45, 2.75) is 70.0 Å². The van der Waals surface area contributed by atoms with Gasteiger partial charge in [0, 0.05) is 17.5 Å². The van der Waals surface area contributed by atoms with Crippen molar-refractivity contribution in [3.8, 4) is 0 Å². The molecule has 0 saturated heterocycles. The van der Waals surface area contributed by atoms with Crippen LogP contribution in [0.4, 0.5) is 0 Å². The lowest BCUT2D eigenvalue weighted by atomic mass is 10.2. The molecule has 88 valence electrons. The lowest BCUT2D eigenvalue weighted by molar-refractivity contribution is 0.707. The second-order valence-corrected chi connectivity index (χ2v) is 14.9. The Kier molecular flexibility index (Phi) is 5.40. The molecule has 1 nitrogen and oxygen atoms in total. The van der Waals surface area contributed by atoms with Crippen molar-refractivity contribution in [3.05, 3.63) is 0 Å². The van der Waals surface area contributed by atoms with Gasteiger partial charge >= 0.3 is 0 Å². The first-order valence-electron chi connectivity index (χ1n) is 6.22. The van der Waals surface area contributed by atoms with Crippen LogP contribution in [0.1, 0.15) is 39.0 Å². The molecule has 3 heteroatoms. The minimum Gasteiger partial charge on any atom is -0.293 e. The zero-order chi connectivity index (χ0) is 11.3. The molecule has 15 heavy (non-hydrogen) atoms. The van der Waals surface area contributed by atoms with Gasteiger partial charge in [-0.05, 0) is 19.3 Å². The van der Waals surface area contributed by atoms with Gasteiger partial charge in [0.05, 0.1) is 0 Å². The zero-order valence-electron chi connectivity index (χ0n) is 10.6. The Labute approximate surface area is 99.8 Å². The number of aliphatic imine (C=N–C) groups is 1. The summed E-state index contributed by atoms with van der Waals surface area (Å²) in [6, 6.07) is 0.654. The minimum atomic E-state index is -0.993. The molecule has 1 aliphatic rings. The smallest absolute Gasteiger partial charge is 0.109 e. The van der Waals surface area contributed by atoms with Crippen LogP contribution in [0.25, 0.3) is 0 Å². The number of rotatable bonds is 5. The molecule has 0 aliphatic heterocycles. The van der Waals surface area contributed by atoms with Crippen LogP contribution in [0.15, 0.2) is 4.99 Å². The van der Waals surface area contributed by atoms with Gasteiger partial charge in [0.15, 0.2) is 0 Å². The highest BCUT2D eigenvalue weighted by Gasteiger charge is 2.19. The normalized spacial score (nSPS) is 21.3. The number of nitrogens with zero attached hydrogens (tertiary/aromatic N) is 1. The predicted octanol–water partition coefficient (Wildman–Crippen LogP) is 4.35. The van der Waals surface area contributed by atoms with Gasteiger partial charge in [0.2, 0.25) is 0 Å². The van der Waals surface area contributed by atoms with Gasteiger partial charge in [0.1, 0.15) is 7.22 Å². The molecule has 0 amide bonds. The van der Waals surface area contributed by atoms with E-state index in [1.54, 1.807) is 0 Å². The molecular weight excluding hydrogens is 218 g/mol. The Morgan fingerprint density at radius 2 is 1.93 bits per heavy atom. The van der Waals surface area contributed by atoms with Gasteiger partial charge in [-0.25, -0.2) is 0 Å². The Morgan fingerprint density at radius 3 is 2.40 bits per heavy atom. The van der Waals surface area contributed by atoms with E-state index in [2.05, 4.69) is 44.0 Å². The van der Waals surface area contributed by atoms with Crippen LogP contribution >= 0.6 is 11.2 Å². The van der Waals surface area contributed by atoms with Gasteiger partial charge in [-0.2, -0.15) is 11.2 Å². The topological polar surface area (TPSA) is 12.4 Å². The first-order chi connectivity index (χ1) is 7.01. The summed E-state index contributed by atoms with van der Waals surface area (Å²) in [6.45, 7) is 9.54. The molecule has 1 rings (SSSR count). The van der Waals surface area contributed by atoms with E-state index >= 15 is 0 Å². The lowest BCUT2D eigenvalue weighted by Crippen LogP contribution is -2.21. The third-order valence-electron chi connectivity index (χ3n) is 2.70. The van der Waals surface area contributed by atoms with E-state index in [0.717, 1.165) is 0 Å². The summed E-state index contributed by atoms with van der Waals surface area (Å²) in [5.74, 6) is 0. The number of hydrogen-bond donors (Lipinski definition) is 0. The standard InChI is InChI=1S/C12H25NSSi/c1-5-12(14-15(2,3)4)10-13-11-8-6-7-9-11/h10-12H,5-9H2,1-4H3/b13-10+. The van der Waals surface area contributed by atoms with Gasteiger partial charge in [0.25, 0.3) is 0 Å². The van der Waals surface area contributed by atoms with Crippen LogP contribution in [-0.4, -0.2) is 24.7 Å². The summed E-state index contributed by atoms with van der Waals surface area (Å²) >= 11 is 2.17. The van der Waals surface area contributed by atoms with Crippen LogP contribution in [0.2, 0.25) is 19.6 Å². The van der Waals surface area contributed by atoms with Crippen LogP contribution in [0.5, 0.6) is 0 Å². The Hall–Kier alpha value is 0.237. The van der Waals surface area contributed by atoms with Crippen LogP contribution in [-0.2, 0) is 0 Å². The average molecular weight is 243 g/mol. The molecule has 0 heterocycles. The van der Waals surface area contributed by atoms with Crippen molar-refractivity contribution in [1.82, 2.24) is 0 Å². The highest BCUT2D eigenvalue weighted by Crippen LogP contribution is 2.26. The molecular formula is C12H25NSSi. The van der Waals surface area contributed by atoms with Crippen LogP contribution in [0.3, 0.4) is 0 Å². The summed E-state index contributed by atoms with van der Waals surface area (Å²) in [7, 11) is -0.993. The molecule has 0 aromatic carbocycles. The minimum absolute atomic E-state index is 0.654. The maximum atomic E-state index is 4.75. The fraction of sp³-hybridized carbons (Fsp3) is 0.917. The monoisotopic (exact) mass is 243 g/mol. The largest absolute Gasteiger partial charge is 0.293 e. The molecule has 1 fully saturated rings. The fourth-order valence-corrected chi connectivity index (χ4v) is 6.56. The summed E-state index contributed by atoms with van der Waals surface area (Å²) in [5.41, 5.74) is 0. The Balaban J connectivity index is 2.38. The SMILES string of the molecule is CCC(/C=N/C1CCCC1)S[Si](C)(C)C. The molecule has 1 unspecified atom stereocenters. The van der Waals surface area contributed by atoms with E-state index in [9.17, 15) is 0 Å². The van der Waals surface area contributed by atoms with Crippen molar-refractivity contribution >= 4 is 24.6 Å². The fourth-order valence-electron chi connectivity index (χ4n) is 1.94. The maximum Gasteiger partial charge on any atom is 0.109 e. The van der Waals surface area contributed by atoms with E-state index in [1.807, 2.05) is 0 Å². The highest BCUT2D eigenvalue weighted by atomic mass is 32.4. The van der Waals surface area contributed by atoms with E-state index < -0.39 is 7.22 Å². The van der Waals surface area contributed by atoms with Gasteiger partial charge in [-0.15, -0.1) is 0 Å². The molecule has 1 saturated carbocycles. The lowest BCUT2D eigenvalue weighted by Gasteiger charge is -2.20. The molecule has 0 aromatic rings.